The molecule has 0 radical (unpaired) electrons. The summed E-state index contributed by atoms with van der Waals surface area (Å²) in [7, 11) is 0. The molecule has 0 unspecified atom stereocenters. The van der Waals surface area contributed by atoms with Gasteiger partial charge < -0.3 is 0 Å². The Morgan fingerprint density at radius 3 is 2.23 bits per heavy atom. The molecule has 0 fully saturated rings. The molecule has 0 aliphatic carbocycles. The maximum atomic E-state index is 11.7. The Morgan fingerprint density at radius 2 is 1.85 bits per heavy atom. The molecule has 0 atom stereocenters. The van der Waals surface area contributed by atoms with Crippen LogP contribution in [-0.4, -0.2) is 21.8 Å². The summed E-state index contributed by atoms with van der Waals surface area (Å²) in [6.45, 7) is 0. The van der Waals surface area contributed by atoms with Crippen molar-refractivity contribution in [3.63, 3.8) is 0 Å². The SMILES string of the molecule is O=Cc1cnc(SC(F)(F)F)nc1. The first-order chi connectivity index (χ1) is 6.01. The van der Waals surface area contributed by atoms with Crippen LogP contribution >= 0.6 is 11.8 Å². The molecule has 3 nitrogen and oxygen atoms in total. The zero-order chi connectivity index (χ0) is 9.90. The normalized spacial score (nSPS) is 11.3. The molecule has 70 valence electrons. The highest BCUT2D eigenvalue weighted by molar-refractivity contribution is 8.00. The zero-order valence-corrected chi connectivity index (χ0v) is 6.89. The quantitative estimate of drug-likeness (QED) is 0.423. The number of carbonyl (C=O) groups excluding carboxylic acids is 1. The van der Waals surface area contributed by atoms with Crippen molar-refractivity contribution in [1.29, 1.82) is 0 Å². The van der Waals surface area contributed by atoms with Crippen LogP contribution in [0.25, 0.3) is 0 Å². The fourth-order valence-corrected chi connectivity index (χ4v) is 0.961. The lowest BCUT2D eigenvalue weighted by molar-refractivity contribution is -0.0331. The van der Waals surface area contributed by atoms with Crippen LogP contribution in [0.3, 0.4) is 0 Å². The molecule has 0 amide bonds. The monoisotopic (exact) mass is 208 g/mol. The molecule has 0 N–H and O–H groups in total. The van der Waals surface area contributed by atoms with Crippen LogP contribution in [0.4, 0.5) is 13.2 Å². The van der Waals surface area contributed by atoms with E-state index in [0.717, 1.165) is 12.4 Å². The van der Waals surface area contributed by atoms with Crippen molar-refractivity contribution in [2.75, 3.05) is 0 Å². The summed E-state index contributed by atoms with van der Waals surface area (Å²) in [4.78, 5) is 16.8. The van der Waals surface area contributed by atoms with E-state index >= 15 is 0 Å². The first-order valence-corrected chi connectivity index (χ1v) is 3.86. The third-order valence-electron chi connectivity index (χ3n) is 0.991. The van der Waals surface area contributed by atoms with Crippen LogP contribution in [0.1, 0.15) is 10.4 Å². The van der Waals surface area contributed by atoms with Gasteiger partial charge in [0.25, 0.3) is 0 Å². The van der Waals surface area contributed by atoms with Gasteiger partial charge >= 0.3 is 5.51 Å². The molecular weight excluding hydrogens is 205 g/mol. The van der Waals surface area contributed by atoms with Crippen molar-refractivity contribution < 1.29 is 18.0 Å². The molecule has 0 spiro atoms. The molecule has 0 aliphatic rings. The van der Waals surface area contributed by atoms with Crippen LogP contribution in [-0.2, 0) is 0 Å². The molecular formula is C6H3F3N2OS. The number of alkyl halides is 3. The molecule has 0 aromatic carbocycles. The van der Waals surface area contributed by atoms with E-state index in [1.54, 1.807) is 0 Å². The van der Waals surface area contributed by atoms with Crippen molar-refractivity contribution in [3.05, 3.63) is 18.0 Å². The minimum absolute atomic E-state index is 0.145. The lowest BCUT2D eigenvalue weighted by atomic mass is 10.4. The van der Waals surface area contributed by atoms with Gasteiger partial charge in [0, 0.05) is 24.2 Å². The second-order valence-electron chi connectivity index (χ2n) is 1.96. The van der Waals surface area contributed by atoms with E-state index < -0.39 is 22.4 Å². The van der Waals surface area contributed by atoms with Crippen LogP contribution in [0, 0.1) is 0 Å². The molecule has 1 aromatic heterocycles. The Balaban J connectivity index is 2.75. The van der Waals surface area contributed by atoms with Crippen molar-refractivity contribution in [2.24, 2.45) is 0 Å². The maximum absolute atomic E-state index is 11.7. The molecule has 0 aliphatic heterocycles. The number of thioether (sulfide) groups is 1. The largest absolute Gasteiger partial charge is 0.449 e. The first kappa shape index (κ1) is 9.97. The Bertz CT molecular complexity index is 298. The van der Waals surface area contributed by atoms with Crippen molar-refractivity contribution in [1.82, 2.24) is 9.97 Å². The van der Waals surface area contributed by atoms with Crippen molar-refractivity contribution in [3.8, 4) is 0 Å². The smallest absolute Gasteiger partial charge is 0.298 e. The van der Waals surface area contributed by atoms with Crippen LogP contribution < -0.4 is 0 Å². The molecule has 1 heterocycles. The van der Waals surface area contributed by atoms with E-state index in [1.165, 1.54) is 0 Å². The maximum Gasteiger partial charge on any atom is 0.449 e. The number of aromatic nitrogens is 2. The number of nitrogens with zero attached hydrogens (tertiary/aromatic N) is 2. The van der Waals surface area contributed by atoms with Crippen LogP contribution in [0.2, 0.25) is 0 Å². The fourth-order valence-electron chi connectivity index (χ4n) is 0.543. The molecule has 0 saturated carbocycles. The number of hydrogen-bond acceptors (Lipinski definition) is 4. The lowest BCUT2D eigenvalue weighted by Crippen LogP contribution is -2.01. The minimum Gasteiger partial charge on any atom is -0.298 e. The number of rotatable bonds is 2. The molecule has 13 heavy (non-hydrogen) atoms. The minimum atomic E-state index is -4.40. The standard InChI is InChI=1S/C6H3F3N2OS/c7-6(8,9)13-5-10-1-4(3-12)2-11-5/h1-3H. The Hall–Kier alpha value is -1.11. The van der Waals surface area contributed by atoms with E-state index in [4.69, 9.17) is 0 Å². The summed E-state index contributed by atoms with van der Waals surface area (Å²) in [5, 5.41) is -0.418. The summed E-state index contributed by atoms with van der Waals surface area (Å²) in [5.41, 5.74) is -4.26. The summed E-state index contributed by atoms with van der Waals surface area (Å²) < 4.78 is 35.2. The molecule has 1 rings (SSSR count). The predicted molar refractivity (Wildman–Crippen MR) is 39.3 cm³/mol. The molecule has 7 heteroatoms. The zero-order valence-electron chi connectivity index (χ0n) is 6.08. The van der Waals surface area contributed by atoms with Crippen LogP contribution in [0.15, 0.2) is 17.6 Å². The van der Waals surface area contributed by atoms with Crippen molar-refractivity contribution >= 4 is 18.0 Å². The van der Waals surface area contributed by atoms with Gasteiger partial charge in [-0.15, -0.1) is 0 Å². The summed E-state index contributed by atoms with van der Waals surface area (Å²) >= 11 is -0.418. The van der Waals surface area contributed by atoms with E-state index in [-0.39, 0.29) is 5.56 Å². The third kappa shape index (κ3) is 3.41. The summed E-state index contributed by atoms with van der Waals surface area (Å²) in [5.74, 6) is 0. The second-order valence-corrected chi connectivity index (χ2v) is 3.00. The highest BCUT2D eigenvalue weighted by atomic mass is 32.2. The van der Waals surface area contributed by atoms with Gasteiger partial charge in [-0.05, 0) is 0 Å². The van der Waals surface area contributed by atoms with Gasteiger partial charge in [-0.25, -0.2) is 9.97 Å². The third-order valence-corrected chi connectivity index (χ3v) is 1.62. The van der Waals surface area contributed by atoms with Crippen molar-refractivity contribution in [2.45, 2.75) is 10.7 Å². The van der Waals surface area contributed by atoms with Gasteiger partial charge in [-0.2, -0.15) is 13.2 Å². The highest BCUT2D eigenvalue weighted by Gasteiger charge is 2.30. The average molecular weight is 208 g/mol. The molecule has 1 aromatic rings. The topological polar surface area (TPSA) is 42.9 Å². The van der Waals surface area contributed by atoms with E-state index in [2.05, 4.69) is 9.97 Å². The van der Waals surface area contributed by atoms with Crippen LogP contribution in [0.5, 0.6) is 0 Å². The number of halogens is 3. The second kappa shape index (κ2) is 3.73. The van der Waals surface area contributed by atoms with Gasteiger partial charge in [0.05, 0.1) is 5.56 Å². The number of hydrogen-bond donors (Lipinski definition) is 0. The Labute approximate surface area is 75.4 Å². The highest BCUT2D eigenvalue weighted by Crippen LogP contribution is 2.34. The van der Waals surface area contributed by atoms with Gasteiger partial charge in [-0.3, -0.25) is 4.79 Å². The summed E-state index contributed by atoms with van der Waals surface area (Å²) in [6, 6.07) is 0. The predicted octanol–water partition coefficient (Wildman–Crippen LogP) is 1.90. The van der Waals surface area contributed by atoms with Gasteiger partial charge in [0.15, 0.2) is 11.4 Å². The van der Waals surface area contributed by atoms with E-state index in [1.807, 2.05) is 0 Å². The van der Waals surface area contributed by atoms with Gasteiger partial charge in [-0.1, -0.05) is 0 Å². The Kier molecular flexibility index (Phi) is 2.86. The number of aldehydes is 1. The average Bonchev–Trinajstić information content (AvgIpc) is 2.03. The van der Waals surface area contributed by atoms with E-state index in [0.29, 0.717) is 6.29 Å². The lowest BCUT2D eigenvalue weighted by Gasteiger charge is -2.02. The number of carbonyl (C=O) groups is 1. The summed E-state index contributed by atoms with van der Waals surface area (Å²) in [6.07, 6.45) is 2.53. The van der Waals surface area contributed by atoms with E-state index in [9.17, 15) is 18.0 Å². The fraction of sp³-hybridized carbons (Fsp3) is 0.167. The molecule has 0 bridgehead atoms. The molecule has 0 saturated heterocycles. The first-order valence-electron chi connectivity index (χ1n) is 3.04. The Morgan fingerprint density at radius 1 is 1.31 bits per heavy atom. The van der Waals surface area contributed by atoms with Gasteiger partial charge in [0.1, 0.15) is 0 Å². The van der Waals surface area contributed by atoms with Gasteiger partial charge in [0.2, 0.25) is 0 Å².